The van der Waals surface area contributed by atoms with Crippen molar-refractivity contribution in [2.24, 2.45) is 0 Å². The number of furan rings is 4. The molecule has 4 nitrogen and oxygen atoms in total. The molecule has 104 valence electrons. The van der Waals surface area contributed by atoms with E-state index in [4.69, 9.17) is 17.7 Å². The van der Waals surface area contributed by atoms with Gasteiger partial charge in [0.25, 0.3) is 0 Å². The third kappa shape index (κ3) is 4.10. The van der Waals surface area contributed by atoms with Crippen LogP contribution in [0.1, 0.15) is 23.0 Å². The van der Waals surface area contributed by atoms with Gasteiger partial charge in [0.15, 0.2) is 0 Å². The second-order valence-corrected chi connectivity index (χ2v) is 4.42. The molecule has 8 heteroatoms. The molecule has 0 bridgehead atoms. The summed E-state index contributed by atoms with van der Waals surface area (Å²) in [6.45, 7) is 0. The fraction of sp³-hybridized carbons (Fsp3) is 0.0588. The molecule has 4 aromatic rings. The number of hydrogen-bond donors (Lipinski definition) is 0. The molecule has 0 amide bonds. The SMILES string of the molecule is [Li+].[Li+].[Li+].[Li+].[c-]1ccc(C(c2cc[c-]o2)(c2cc[c-]o2)c2cc[c-]o2)o1. The minimum atomic E-state index is -1.00. The van der Waals surface area contributed by atoms with E-state index in [9.17, 15) is 0 Å². The van der Waals surface area contributed by atoms with Gasteiger partial charge in [0, 0.05) is 0 Å². The minimum absolute atomic E-state index is 0. The van der Waals surface area contributed by atoms with Gasteiger partial charge in [-0.3, -0.25) is 0 Å². The van der Waals surface area contributed by atoms with Gasteiger partial charge >= 0.3 is 75.4 Å². The van der Waals surface area contributed by atoms with Gasteiger partial charge in [0.1, 0.15) is 0 Å². The summed E-state index contributed by atoms with van der Waals surface area (Å²) in [5, 5.41) is 0. The predicted molar refractivity (Wildman–Crippen MR) is 69.2 cm³/mol. The van der Waals surface area contributed by atoms with E-state index in [1.165, 1.54) is 0 Å². The van der Waals surface area contributed by atoms with Crippen LogP contribution in [0, 0.1) is 25.1 Å². The summed E-state index contributed by atoms with van der Waals surface area (Å²) >= 11 is 0. The molecule has 0 aliphatic carbocycles. The first-order valence-electron chi connectivity index (χ1n) is 6.28. The molecule has 0 N–H and O–H groups in total. The Kier molecular flexibility index (Phi) is 10.4. The normalized spacial score (nSPS) is 9.92. The van der Waals surface area contributed by atoms with Gasteiger partial charge in [0.05, 0.1) is 0 Å². The van der Waals surface area contributed by atoms with E-state index in [1.54, 1.807) is 48.5 Å². The molecule has 0 spiro atoms. The summed E-state index contributed by atoms with van der Waals surface area (Å²) in [7, 11) is 0. The first kappa shape index (κ1) is 24.5. The van der Waals surface area contributed by atoms with Gasteiger partial charge < -0.3 is 17.7 Å². The minimum Gasteiger partial charge on any atom is -0.597 e. The van der Waals surface area contributed by atoms with Crippen LogP contribution in [0.15, 0.2) is 66.2 Å². The average molecular weight is 304 g/mol. The molecule has 0 saturated carbocycles. The van der Waals surface area contributed by atoms with Crippen LogP contribution in [0.4, 0.5) is 0 Å². The van der Waals surface area contributed by atoms with Crippen molar-refractivity contribution in [3.05, 3.63) is 96.6 Å². The van der Waals surface area contributed by atoms with Crippen molar-refractivity contribution in [1.29, 1.82) is 0 Å². The standard InChI is InChI=1S/C17H8O4.4Li/c1-5-13(18-9-1)17(14-6-2-10-19-14,15-7-3-11-20-15)16-8-4-12-21-16;;;;/h1-8H;;;;/q-4;4*+1. The molecule has 4 rings (SSSR count). The Morgan fingerprint density at radius 2 is 0.720 bits per heavy atom. The molecule has 0 aliphatic heterocycles. The maximum atomic E-state index is 5.52. The van der Waals surface area contributed by atoms with Gasteiger partial charge in [-0.2, -0.15) is 24.3 Å². The average Bonchev–Trinajstić information content (AvgIpc) is 3.32. The Labute approximate surface area is 193 Å². The van der Waals surface area contributed by atoms with E-state index < -0.39 is 5.41 Å². The van der Waals surface area contributed by atoms with Crippen LogP contribution in [0.25, 0.3) is 0 Å². The largest absolute Gasteiger partial charge is 1.00 e. The Morgan fingerprint density at radius 1 is 0.480 bits per heavy atom. The van der Waals surface area contributed by atoms with E-state index >= 15 is 0 Å². The van der Waals surface area contributed by atoms with Crippen molar-refractivity contribution >= 4 is 0 Å². The molecule has 0 aliphatic rings. The van der Waals surface area contributed by atoms with Crippen LogP contribution >= 0.6 is 0 Å². The van der Waals surface area contributed by atoms with Gasteiger partial charge in [0.2, 0.25) is 0 Å². The smallest absolute Gasteiger partial charge is 0.597 e. The van der Waals surface area contributed by atoms with E-state index in [2.05, 4.69) is 25.1 Å². The maximum Gasteiger partial charge on any atom is 1.00 e. The van der Waals surface area contributed by atoms with E-state index in [1.807, 2.05) is 0 Å². The summed E-state index contributed by atoms with van der Waals surface area (Å²) in [5.41, 5.74) is -1.00. The van der Waals surface area contributed by atoms with Crippen LogP contribution in [-0.4, -0.2) is 0 Å². The zero-order valence-electron chi connectivity index (χ0n) is 14.8. The molecule has 0 aromatic carbocycles. The van der Waals surface area contributed by atoms with Crippen LogP contribution in [0.3, 0.4) is 0 Å². The van der Waals surface area contributed by atoms with Gasteiger partial charge in [-0.15, -0.1) is 24.3 Å². The Hall–Kier alpha value is -0.490. The zero-order chi connectivity index (χ0) is 14.1. The van der Waals surface area contributed by atoms with Crippen LogP contribution in [-0.2, 0) is 5.41 Å². The predicted octanol–water partition coefficient (Wildman–Crippen LogP) is -8.34. The van der Waals surface area contributed by atoms with E-state index in [0.717, 1.165) is 0 Å². The second-order valence-electron chi connectivity index (χ2n) is 4.42. The van der Waals surface area contributed by atoms with E-state index in [-0.39, 0.29) is 75.4 Å². The van der Waals surface area contributed by atoms with Crippen LogP contribution in [0.2, 0.25) is 0 Å². The molecule has 25 heavy (non-hydrogen) atoms. The zero-order valence-corrected chi connectivity index (χ0v) is 14.8. The Morgan fingerprint density at radius 3 is 0.880 bits per heavy atom. The summed E-state index contributed by atoms with van der Waals surface area (Å²) in [5.74, 6) is 2.21. The van der Waals surface area contributed by atoms with Crippen LogP contribution < -0.4 is 75.4 Å². The molecule has 0 radical (unpaired) electrons. The van der Waals surface area contributed by atoms with Crippen molar-refractivity contribution in [1.82, 2.24) is 0 Å². The van der Waals surface area contributed by atoms with Gasteiger partial charge in [-0.1, -0.05) is 23.0 Å². The van der Waals surface area contributed by atoms with Gasteiger partial charge in [-0.05, 0) is 30.5 Å². The monoisotopic (exact) mass is 304 g/mol. The number of hydrogen-bond acceptors (Lipinski definition) is 4. The molecule has 0 saturated heterocycles. The van der Waals surface area contributed by atoms with Crippen molar-refractivity contribution in [3.8, 4) is 0 Å². The molecular weight excluding hydrogens is 296 g/mol. The summed E-state index contributed by atoms with van der Waals surface area (Å²) in [6, 6.07) is 13.8. The summed E-state index contributed by atoms with van der Waals surface area (Å²) in [6.07, 6.45) is 10.8. The molecule has 0 atom stereocenters. The maximum absolute atomic E-state index is 5.52. The Bertz CT molecular complexity index is 649. The van der Waals surface area contributed by atoms with Crippen LogP contribution in [0.5, 0.6) is 0 Å². The molecule has 0 fully saturated rings. The molecule has 4 heterocycles. The molecular formula is C17H8Li4O4. The summed E-state index contributed by atoms with van der Waals surface area (Å²) < 4.78 is 22.1. The number of rotatable bonds is 4. The summed E-state index contributed by atoms with van der Waals surface area (Å²) in [4.78, 5) is 0. The van der Waals surface area contributed by atoms with E-state index in [0.29, 0.717) is 23.0 Å². The first-order chi connectivity index (χ1) is 10.4. The van der Waals surface area contributed by atoms with Crippen molar-refractivity contribution in [2.75, 3.05) is 0 Å². The molecule has 4 aromatic heterocycles. The third-order valence-electron chi connectivity index (χ3n) is 3.36. The van der Waals surface area contributed by atoms with Crippen molar-refractivity contribution in [3.63, 3.8) is 0 Å². The second kappa shape index (κ2) is 10.6. The fourth-order valence-electron chi connectivity index (χ4n) is 2.50. The molecule has 0 unspecified atom stereocenters. The Balaban J connectivity index is 0.00000144. The third-order valence-corrected chi connectivity index (χ3v) is 3.36. The fourth-order valence-corrected chi connectivity index (χ4v) is 2.50. The topological polar surface area (TPSA) is 52.6 Å². The first-order valence-corrected chi connectivity index (χ1v) is 6.28. The quantitative estimate of drug-likeness (QED) is 0.278. The van der Waals surface area contributed by atoms with Gasteiger partial charge in [-0.25, -0.2) is 0 Å². The van der Waals surface area contributed by atoms with Crippen molar-refractivity contribution < 1.29 is 93.1 Å². The van der Waals surface area contributed by atoms with Crippen molar-refractivity contribution in [2.45, 2.75) is 5.41 Å².